The number of rotatable bonds is 11. The van der Waals surface area contributed by atoms with Crippen LogP contribution in [0.25, 0.3) is 0 Å². The van der Waals surface area contributed by atoms with E-state index in [4.69, 9.17) is 11.6 Å². The largest absolute Gasteiger partial charge is 0.302 e. The molecule has 3 N–H and O–H groups in total. The molecule has 5 heteroatoms. The van der Waals surface area contributed by atoms with Crippen molar-refractivity contribution in [3.05, 3.63) is 35.8 Å². The topological polar surface area (TPSA) is 36.1 Å². The van der Waals surface area contributed by atoms with Crippen molar-refractivity contribution >= 4 is 23.4 Å². The molecule has 5 atom stereocenters. The second-order valence-electron chi connectivity index (χ2n) is 8.03. The second-order valence-corrected chi connectivity index (χ2v) is 9.68. The number of nitrogens with one attached hydrogen (secondary N) is 3. The molecule has 0 saturated heterocycles. The van der Waals surface area contributed by atoms with E-state index in [0.29, 0.717) is 6.04 Å². The zero-order chi connectivity index (χ0) is 18.7. The Kier molecular flexibility index (Phi) is 9.80. The van der Waals surface area contributed by atoms with E-state index >= 15 is 0 Å². The molecule has 2 aliphatic carbocycles. The molecule has 0 aromatic carbocycles. The van der Waals surface area contributed by atoms with Crippen LogP contribution in [0.3, 0.4) is 0 Å². The van der Waals surface area contributed by atoms with Crippen molar-refractivity contribution in [2.75, 3.05) is 6.54 Å². The summed E-state index contributed by atoms with van der Waals surface area (Å²) in [6, 6.07) is 0.493. The highest BCUT2D eigenvalue weighted by Gasteiger charge is 2.19. The van der Waals surface area contributed by atoms with E-state index in [0.717, 1.165) is 37.0 Å². The summed E-state index contributed by atoms with van der Waals surface area (Å²) in [6.07, 6.45) is 24.0. The molecule has 0 fully saturated rings. The van der Waals surface area contributed by atoms with Crippen LogP contribution in [0, 0.1) is 5.92 Å². The van der Waals surface area contributed by atoms with Gasteiger partial charge in [0.2, 0.25) is 0 Å². The van der Waals surface area contributed by atoms with Gasteiger partial charge in [-0.15, -0.1) is 11.8 Å². The van der Waals surface area contributed by atoms with Crippen molar-refractivity contribution in [1.29, 1.82) is 0 Å². The molecule has 1 heterocycles. The summed E-state index contributed by atoms with van der Waals surface area (Å²) in [7, 11) is 0. The maximum Gasteiger partial charge on any atom is 0.136 e. The molecule has 0 aromatic rings. The van der Waals surface area contributed by atoms with Crippen LogP contribution in [0.4, 0.5) is 0 Å². The van der Waals surface area contributed by atoms with Crippen molar-refractivity contribution < 1.29 is 0 Å². The Balaban J connectivity index is 1.42. The zero-order valence-corrected chi connectivity index (χ0v) is 18.0. The van der Waals surface area contributed by atoms with E-state index < -0.39 is 0 Å². The number of allylic oxidation sites excluding steroid dienone is 4. The normalized spacial score (nSPS) is 29.9. The summed E-state index contributed by atoms with van der Waals surface area (Å²) in [5, 5.41) is 13.9. The van der Waals surface area contributed by atoms with Gasteiger partial charge in [0, 0.05) is 11.3 Å². The minimum Gasteiger partial charge on any atom is -0.302 e. The fraction of sp³-hybridized carbons (Fsp3) is 0.727. The lowest BCUT2D eigenvalue weighted by Gasteiger charge is -2.29. The van der Waals surface area contributed by atoms with Crippen molar-refractivity contribution in [1.82, 2.24) is 16.0 Å². The van der Waals surface area contributed by atoms with E-state index in [1.807, 2.05) is 11.8 Å². The van der Waals surface area contributed by atoms with E-state index in [9.17, 15) is 0 Å². The second kappa shape index (κ2) is 12.3. The van der Waals surface area contributed by atoms with Crippen LogP contribution in [-0.2, 0) is 0 Å². The van der Waals surface area contributed by atoms with E-state index in [2.05, 4.69) is 51.7 Å². The molecule has 0 bridgehead atoms. The van der Waals surface area contributed by atoms with Gasteiger partial charge in [-0.25, -0.2) is 0 Å². The SMILES string of the molecule is ClC(NC1CC=CCC1)NC(CCC1C=CCCC1)NCCC1CC=CS1. The highest BCUT2D eigenvalue weighted by atomic mass is 35.5. The summed E-state index contributed by atoms with van der Waals surface area (Å²) < 4.78 is 0. The average molecular weight is 410 g/mol. The predicted molar refractivity (Wildman–Crippen MR) is 120 cm³/mol. The molecule has 3 rings (SSSR count). The molecule has 27 heavy (non-hydrogen) atoms. The third-order valence-electron chi connectivity index (χ3n) is 5.80. The summed E-state index contributed by atoms with van der Waals surface area (Å²) in [6.45, 7) is 1.05. The van der Waals surface area contributed by atoms with Gasteiger partial charge in [-0.05, 0) is 82.1 Å². The molecule has 1 aliphatic heterocycles. The maximum absolute atomic E-state index is 6.62. The number of thioether (sulfide) groups is 1. The van der Waals surface area contributed by atoms with Crippen molar-refractivity contribution in [3.63, 3.8) is 0 Å². The fourth-order valence-electron chi connectivity index (χ4n) is 4.16. The first-order chi connectivity index (χ1) is 13.3. The summed E-state index contributed by atoms with van der Waals surface area (Å²) >= 11 is 8.59. The first kappa shape index (κ1) is 21.4. The minimum atomic E-state index is -0.177. The fourth-order valence-corrected chi connectivity index (χ4v) is 5.41. The van der Waals surface area contributed by atoms with Gasteiger partial charge >= 0.3 is 0 Å². The number of alkyl halides is 1. The smallest absolute Gasteiger partial charge is 0.136 e. The van der Waals surface area contributed by atoms with Crippen molar-refractivity contribution in [2.24, 2.45) is 5.92 Å². The molecule has 0 saturated carbocycles. The average Bonchev–Trinajstić information content (AvgIpc) is 3.21. The van der Waals surface area contributed by atoms with Crippen LogP contribution in [-0.4, -0.2) is 29.6 Å². The van der Waals surface area contributed by atoms with Gasteiger partial charge in [0.1, 0.15) is 5.62 Å². The lowest BCUT2D eigenvalue weighted by molar-refractivity contribution is 0.320. The molecule has 0 spiro atoms. The van der Waals surface area contributed by atoms with Crippen LogP contribution < -0.4 is 16.0 Å². The first-order valence-electron chi connectivity index (χ1n) is 10.8. The Labute approximate surface area is 174 Å². The van der Waals surface area contributed by atoms with Crippen molar-refractivity contribution in [2.45, 2.75) is 87.3 Å². The summed E-state index contributed by atoms with van der Waals surface area (Å²) in [4.78, 5) is 0. The predicted octanol–water partition coefficient (Wildman–Crippen LogP) is 5.26. The summed E-state index contributed by atoms with van der Waals surface area (Å²) in [5.41, 5.74) is -0.177. The third kappa shape index (κ3) is 8.33. The monoisotopic (exact) mass is 409 g/mol. The quantitative estimate of drug-likeness (QED) is 0.188. The van der Waals surface area contributed by atoms with Crippen LogP contribution in [0.15, 0.2) is 35.8 Å². The molecular formula is C22H36ClN3S. The molecule has 0 amide bonds. The molecular weight excluding hydrogens is 374 g/mol. The van der Waals surface area contributed by atoms with Gasteiger partial charge in [0.05, 0.1) is 6.17 Å². The Hall–Kier alpha value is -0.260. The van der Waals surface area contributed by atoms with Gasteiger partial charge in [-0.2, -0.15) is 0 Å². The van der Waals surface area contributed by atoms with Gasteiger partial charge in [0.15, 0.2) is 0 Å². The van der Waals surface area contributed by atoms with Crippen LogP contribution in [0.5, 0.6) is 0 Å². The van der Waals surface area contributed by atoms with E-state index in [-0.39, 0.29) is 11.8 Å². The number of hydrogen-bond acceptors (Lipinski definition) is 4. The molecule has 5 unspecified atom stereocenters. The lowest BCUT2D eigenvalue weighted by atomic mass is 9.91. The Morgan fingerprint density at radius 1 is 1.04 bits per heavy atom. The zero-order valence-electron chi connectivity index (χ0n) is 16.4. The standard InChI is InChI=1S/C22H36ClN3S/c23-22(25-19-10-5-2-6-11-19)26-21(14-13-18-8-3-1-4-9-18)24-16-15-20-12-7-17-27-20/h2-3,5,7-8,17-22,24-26H,1,4,6,9-16H2. The lowest BCUT2D eigenvalue weighted by Crippen LogP contribution is -2.53. The van der Waals surface area contributed by atoms with Crippen molar-refractivity contribution in [3.8, 4) is 0 Å². The molecule has 3 aliphatic rings. The first-order valence-corrected chi connectivity index (χ1v) is 12.2. The molecule has 0 radical (unpaired) electrons. The molecule has 0 aromatic heterocycles. The van der Waals surface area contributed by atoms with Gasteiger partial charge in [-0.1, -0.05) is 42.0 Å². The molecule has 152 valence electrons. The maximum atomic E-state index is 6.62. The van der Waals surface area contributed by atoms with Gasteiger partial charge < -0.3 is 5.32 Å². The number of hydrogen-bond donors (Lipinski definition) is 3. The molecule has 3 nitrogen and oxygen atoms in total. The Morgan fingerprint density at radius 2 is 2.00 bits per heavy atom. The van der Waals surface area contributed by atoms with E-state index in [1.165, 1.54) is 44.9 Å². The Bertz CT molecular complexity index is 500. The minimum absolute atomic E-state index is 0.177. The van der Waals surface area contributed by atoms with Crippen LogP contribution in [0.2, 0.25) is 0 Å². The Morgan fingerprint density at radius 3 is 2.74 bits per heavy atom. The third-order valence-corrected chi connectivity index (χ3v) is 7.22. The highest BCUT2D eigenvalue weighted by Crippen LogP contribution is 2.26. The highest BCUT2D eigenvalue weighted by molar-refractivity contribution is 8.03. The number of halogens is 1. The van der Waals surface area contributed by atoms with Crippen LogP contribution in [0.1, 0.15) is 64.2 Å². The van der Waals surface area contributed by atoms with E-state index in [1.54, 1.807) is 0 Å². The van der Waals surface area contributed by atoms with Gasteiger partial charge in [-0.3, -0.25) is 10.6 Å². The van der Waals surface area contributed by atoms with Crippen LogP contribution >= 0.6 is 23.4 Å². The van der Waals surface area contributed by atoms with Gasteiger partial charge in [0.25, 0.3) is 0 Å². The summed E-state index contributed by atoms with van der Waals surface area (Å²) in [5.74, 6) is 0.740.